The third-order valence-electron chi connectivity index (χ3n) is 2.70. The molecule has 0 aliphatic rings. The number of hydrogen-bond acceptors (Lipinski definition) is 2. The molecule has 2 aromatic rings. The Balaban J connectivity index is 1.82. The summed E-state index contributed by atoms with van der Waals surface area (Å²) in [6.07, 6.45) is 6.06. The summed E-state index contributed by atoms with van der Waals surface area (Å²) in [6.45, 7) is 4.78. The Hall–Kier alpha value is -1.55. The molecule has 0 saturated carbocycles. The summed E-state index contributed by atoms with van der Waals surface area (Å²) in [5.41, 5.74) is 2.53. The number of hydrogen-bond donors (Lipinski definition) is 1. The molecule has 0 aromatic carbocycles. The van der Waals surface area contributed by atoms with E-state index in [0.717, 1.165) is 19.6 Å². The first-order valence-corrected chi connectivity index (χ1v) is 5.62. The number of aryl methyl sites for hydroxylation is 2. The molecule has 16 heavy (non-hydrogen) atoms. The number of rotatable bonds is 5. The molecular formula is C12H18N4. The average Bonchev–Trinajstić information content (AvgIpc) is 2.89. The van der Waals surface area contributed by atoms with Gasteiger partial charge in [0.15, 0.2) is 0 Å². The normalized spacial score (nSPS) is 10.9. The van der Waals surface area contributed by atoms with Crippen molar-refractivity contribution in [3.8, 4) is 0 Å². The molecule has 2 aromatic heterocycles. The van der Waals surface area contributed by atoms with Gasteiger partial charge in [0.2, 0.25) is 0 Å². The molecule has 0 bridgehead atoms. The van der Waals surface area contributed by atoms with Gasteiger partial charge in [0.05, 0.1) is 6.20 Å². The first-order chi connectivity index (χ1) is 7.79. The lowest BCUT2D eigenvalue weighted by atomic mass is 10.3. The van der Waals surface area contributed by atoms with Crippen LogP contribution in [0, 0.1) is 0 Å². The second-order valence-corrected chi connectivity index (χ2v) is 3.92. The van der Waals surface area contributed by atoms with Crippen LogP contribution in [-0.4, -0.2) is 14.3 Å². The molecule has 0 spiro atoms. The Kier molecular flexibility index (Phi) is 3.41. The number of nitrogens with one attached hydrogen (secondary N) is 1. The fraction of sp³-hybridized carbons (Fsp3) is 0.417. The monoisotopic (exact) mass is 218 g/mol. The van der Waals surface area contributed by atoms with E-state index in [1.807, 2.05) is 10.9 Å². The summed E-state index contributed by atoms with van der Waals surface area (Å²) in [5, 5.41) is 7.65. The van der Waals surface area contributed by atoms with Crippen molar-refractivity contribution in [2.75, 3.05) is 0 Å². The Bertz CT molecular complexity index is 441. The largest absolute Gasteiger partial charge is 0.353 e. The fourth-order valence-corrected chi connectivity index (χ4v) is 1.69. The number of nitrogens with zero attached hydrogens (tertiary/aromatic N) is 3. The van der Waals surface area contributed by atoms with E-state index in [1.54, 1.807) is 0 Å². The van der Waals surface area contributed by atoms with Gasteiger partial charge >= 0.3 is 0 Å². The van der Waals surface area contributed by atoms with Gasteiger partial charge in [-0.25, -0.2) is 0 Å². The van der Waals surface area contributed by atoms with Crippen molar-refractivity contribution in [3.63, 3.8) is 0 Å². The minimum atomic E-state index is 0.866. The van der Waals surface area contributed by atoms with E-state index >= 15 is 0 Å². The van der Waals surface area contributed by atoms with Crippen molar-refractivity contribution in [2.24, 2.45) is 7.05 Å². The highest BCUT2D eigenvalue weighted by Crippen LogP contribution is 2.01. The molecule has 0 unspecified atom stereocenters. The maximum atomic E-state index is 4.24. The van der Waals surface area contributed by atoms with E-state index in [2.05, 4.69) is 53.5 Å². The predicted molar refractivity (Wildman–Crippen MR) is 63.9 cm³/mol. The van der Waals surface area contributed by atoms with Crippen LogP contribution in [0.5, 0.6) is 0 Å². The standard InChI is InChI=1S/C12H18N4/c1-3-16-10-11(8-14-16)7-13-9-12-5-4-6-15(12)2/h4-6,8,10,13H,3,7,9H2,1-2H3. The van der Waals surface area contributed by atoms with Gasteiger partial charge in [0.25, 0.3) is 0 Å². The molecule has 2 rings (SSSR count). The van der Waals surface area contributed by atoms with E-state index in [9.17, 15) is 0 Å². The summed E-state index contributed by atoms with van der Waals surface area (Å²) in [7, 11) is 2.06. The van der Waals surface area contributed by atoms with Crippen LogP contribution in [0.1, 0.15) is 18.2 Å². The lowest BCUT2D eigenvalue weighted by Crippen LogP contribution is -2.14. The van der Waals surface area contributed by atoms with Gasteiger partial charge in [-0.2, -0.15) is 5.10 Å². The van der Waals surface area contributed by atoms with Gasteiger partial charge in [-0.3, -0.25) is 4.68 Å². The fourth-order valence-electron chi connectivity index (χ4n) is 1.69. The first kappa shape index (κ1) is 11.0. The van der Waals surface area contributed by atoms with Crippen molar-refractivity contribution in [1.82, 2.24) is 19.7 Å². The molecule has 0 radical (unpaired) electrons. The van der Waals surface area contributed by atoms with Crippen molar-refractivity contribution in [1.29, 1.82) is 0 Å². The smallest absolute Gasteiger partial charge is 0.0534 e. The molecule has 0 fully saturated rings. The van der Waals surface area contributed by atoms with Crippen LogP contribution >= 0.6 is 0 Å². The second-order valence-electron chi connectivity index (χ2n) is 3.92. The van der Waals surface area contributed by atoms with E-state index < -0.39 is 0 Å². The topological polar surface area (TPSA) is 34.8 Å². The zero-order valence-corrected chi connectivity index (χ0v) is 9.85. The van der Waals surface area contributed by atoms with E-state index in [4.69, 9.17) is 0 Å². The van der Waals surface area contributed by atoms with Gasteiger partial charge in [0.1, 0.15) is 0 Å². The van der Waals surface area contributed by atoms with Crippen LogP contribution in [0.15, 0.2) is 30.7 Å². The summed E-state index contributed by atoms with van der Waals surface area (Å²) in [4.78, 5) is 0. The van der Waals surface area contributed by atoms with Crippen molar-refractivity contribution in [3.05, 3.63) is 42.0 Å². The SMILES string of the molecule is CCn1cc(CNCc2cccn2C)cn1. The molecule has 0 aliphatic heterocycles. The van der Waals surface area contributed by atoms with Crippen LogP contribution in [-0.2, 0) is 26.7 Å². The van der Waals surface area contributed by atoms with Gasteiger partial charge in [-0.1, -0.05) is 0 Å². The number of aromatic nitrogens is 3. The van der Waals surface area contributed by atoms with Crippen LogP contribution in [0.2, 0.25) is 0 Å². The average molecular weight is 218 g/mol. The maximum Gasteiger partial charge on any atom is 0.0534 e. The highest BCUT2D eigenvalue weighted by molar-refractivity contribution is 5.07. The Morgan fingerprint density at radius 3 is 2.88 bits per heavy atom. The van der Waals surface area contributed by atoms with E-state index in [-0.39, 0.29) is 0 Å². The van der Waals surface area contributed by atoms with Crippen LogP contribution in [0.4, 0.5) is 0 Å². The minimum absolute atomic E-state index is 0.866. The van der Waals surface area contributed by atoms with Crippen LogP contribution in [0.25, 0.3) is 0 Å². The highest BCUT2D eigenvalue weighted by atomic mass is 15.3. The maximum absolute atomic E-state index is 4.24. The summed E-state index contributed by atoms with van der Waals surface area (Å²) in [5.74, 6) is 0. The lowest BCUT2D eigenvalue weighted by Gasteiger charge is -2.04. The van der Waals surface area contributed by atoms with E-state index in [1.165, 1.54) is 11.3 Å². The summed E-state index contributed by atoms with van der Waals surface area (Å²) in [6, 6.07) is 4.19. The highest BCUT2D eigenvalue weighted by Gasteiger charge is 1.99. The van der Waals surface area contributed by atoms with E-state index in [0.29, 0.717) is 0 Å². The van der Waals surface area contributed by atoms with Crippen LogP contribution in [0.3, 0.4) is 0 Å². The molecule has 0 atom stereocenters. The zero-order valence-electron chi connectivity index (χ0n) is 9.85. The van der Waals surface area contributed by atoms with Crippen molar-refractivity contribution in [2.45, 2.75) is 26.6 Å². The van der Waals surface area contributed by atoms with Gasteiger partial charge in [-0.05, 0) is 19.1 Å². The minimum Gasteiger partial charge on any atom is -0.353 e. The van der Waals surface area contributed by atoms with Gasteiger partial charge in [0, 0.05) is 50.3 Å². The van der Waals surface area contributed by atoms with Crippen molar-refractivity contribution < 1.29 is 0 Å². The first-order valence-electron chi connectivity index (χ1n) is 5.62. The molecule has 1 N–H and O–H groups in total. The third-order valence-corrected chi connectivity index (χ3v) is 2.70. The quantitative estimate of drug-likeness (QED) is 0.826. The van der Waals surface area contributed by atoms with Gasteiger partial charge < -0.3 is 9.88 Å². The predicted octanol–water partition coefficient (Wildman–Crippen LogP) is 1.53. The van der Waals surface area contributed by atoms with Gasteiger partial charge in [-0.15, -0.1) is 0 Å². The van der Waals surface area contributed by atoms with Crippen LogP contribution < -0.4 is 5.32 Å². The molecule has 4 heteroatoms. The molecule has 0 amide bonds. The third kappa shape index (κ3) is 2.52. The lowest BCUT2D eigenvalue weighted by molar-refractivity contribution is 0.646. The Labute approximate surface area is 95.9 Å². The molecule has 2 heterocycles. The summed E-state index contributed by atoms with van der Waals surface area (Å²) < 4.78 is 4.07. The molecule has 0 saturated heterocycles. The molecular weight excluding hydrogens is 200 g/mol. The molecule has 86 valence electrons. The van der Waals surface area contributed by atoms with Crippen molar-refractivity contribution >= 4 is 0 Å². The summed E-state index contributed by atoms with van der Waals surface area (Å²) >= 11 is 0. The Morgan fingerprint density at radius 1 is 1.38 bits per heavy atom. The Morgan fingerprint density at radius 2 is 2.25 bits per heavy atom. The zero-order chi connectivity index (χ0) is 11.4. The second kappa shape index (κ2) is 4.99. The molecule has 4 nitrogen and oxygen atoms in total. The molecule has 0 aliphatic carbocycles.